The summed E-state index contributed by atoms with van der Waals surface area (Å²) in [6.07, 6.45) is 2.12. The maximum Gasteiger partial charge on any atom is 0.223 e. The van der Waals surface area contributed by atoms with E-state index in [-0.39, 0.29) is 23.8 Å². The molecule has 0 saturated carbocycles. The van der Waals surface area contributed by atoms with Gasteiger partial charge in [0.1, 0.15) is 0 Å². The molecule has 1 saturated heterocycles. The van der Waals surface area contributed by atoms with Crippen molar-refractivity contribution < 1.29 is 9.59 Å². The van der Waals surface area contributed by atoms with Crippen LogP contribution in [0.5, 0.6) is 0 Å². The van der Waals surface area contributed by atoms with Crippen LogP contribution in [0.15, 0.2) is 30.3 Å². The second kappa shape index (κ2) is 8.14. The molecule has 1 atom stereocenters. The van der Waals surface area contributed by atoms with Crippen molar-refractivity contribution >= 4 is 11.8 Å². The molecule has 0 spiro atoms. The Labute approximate surface area is 139 Å². The average Bonchev–Trinajstić information content (AvgIpc) is 2.55. The molecule has 2 amide bonds. The summed E-state index contributed by atoms with van der Waals surface area (Å²) in [5.74, 6) is 0.730. The second-order valence-electron chi connectivity index (χ2n) is 6.89. The predicted octanol–water partition coefficient (Wildman–Crippen LogP) is 3.15. The number of carbonyl (C=O) groups excluding carboxylic acids is 2. The Morgan fingerprint density at radius 3 is 2.30 bits per heavy atom. The minimum Gasteiger partial charge on any atom is -0.349 e. The highest BCUT2D eigenvalue weighted by atomic mass is 16.2. The summed E-state index contributed by atoms with van der Waals surface area (Å²) < 4.78 is 0. The van der Waals surface area contributed by atoms with Gasteiger partial charge in [-0.2, -0.15) is 0 Å². The monoisotopic (exact) mass is 316 g/mol. The van der Waals surface area contributed by atoms with E-state index in [1.807, 2.05) is 42.2 Å². The lowest BCUT2D eigenvalue weighted by Gasteiger charge is -2.32. The highest BCUT2D eigenvalue weighted by molar-refractivity contribution is 5.80. The third-order valence-corrected chi connectivity index (χ3v) is 4.46. The van der Waals surface area contributed by atoms with Gasteiger partial charge >= 0.3 is 0 Å². The van der Waals surface area contributed by atoms with Gasteiger partial charge in [-0.15, -0.1) is 0 Å². The normalized spacial score (nSPS) is 17.1. The summed E-state index contributed by atoms with van der Waals surface area (Å²) in [4.78, 5) is 26.4. The first-order chi connectivity index (χ1) is 11.0. The van der Waals surface area contributed by atoms with Crippen LogP contribution in [-0.2, 0) is 9.59 Å². The number of likely N-dealkylation sites (tertiary alicyclic amines) is 1. The highest BCUT2D eigenvalue weighted by Crippen LogP contribution is 2.20. The maximum atomic E-state index is 12.4. The molecule has 126 valence electrons. The molecule has 1 heterocycles. The Morgan fingerprint density at radius 1 is 1.13 bits per heavy atom. The minimum atomic E-state index is 0.0178. The molecule has 0 bridgehead atoms. The van der Waals surface area contributed by atoms with Crippen LogP contribution in [0.2, 0.25) is 0 Å². The van der Waals surface area contributed by atoms with E-state index in [1.54, 1.807) is 0 Å². The average molecular weight is 316 g/mol. The van der Waals surface area contributed by atoms with Gasteiger partial charge in [-0.3, -0.25) is 9.59 Å². The Kier molecular flexibility index (Phi) is 6.20. The Balaban J connectivity index is 1.81. The van der Waals surface area contributed by atoms with Crippen molar-refractivity contribution in [3.63, 3.8) is 0 Å². The van der Waals surface area contributed by atoms with Crippen LogP contribution in [0.1, 0.15) is 51.6 Å². The summed E-state index contributed by atoms with van der Waals surface area (Å²) in [6, 6.07) is 10.0. The molecular formula is C19H28N2O2. The van der Waals surface area contributed by atoms with Gasteiger partial charge in [-0.25, -0.2) is 0 Å². The first-order valence-corrected chi connectivity index (χ1v) is 8.60. The third kappa shape index (κ3) is 5.08. The lowest BCUT2D eigenvalue weighted by Crippen LogP contribution is -2.43. The van der Waals surface area contributed by atoms with Crippen molar-refractivity contribution in [3.8, 4) is 0 Å². The zero-order valence-corrected chi connectivity index (χ0v) is 14.4. The Morgan fingerprint density at radius 2 is 1.74 bits per heavy atom. The fourth-order valence-corrected chi connectivity index (χ4v) is 3.03. The Bertz CT molecular complexity index is 519. The molecule has 2 rings (SSSR count). The number of carbonyl (C=O) groups is 2. The van der Waals surface area contributed by atoms with Crippen molar-refractivity contribution in [2.45, 2.75) is 46.1 Å². The number of piperidine rings is 1. The van der Waals surface area contributed by atoms with Crippen molar-refractivity contribution in [3.05, 3.63) is 35.9 Å². The quantitative estimate of drug-likeness (QED) is 0.907. The van der Waals surface area contributed by atoms with E-state index in [2.05, 4.69) is 19.2 Å². The van der Waals surface area contributed by atoms with Gasteiger partial charge < -0.3 is 10.2 Å². The van der Waals surface area contributed by atoms with Gasteiger partial charge in [-0.05, 0) is 31.2 Å². The van der Waals surface area contributed by atoms with E-state index in [1.165, 1.54) is 0 Å². The standard InChI is InChI=1S/C19H28N2O2/c1-14(2)13-18(22)21-11-9-17(10-12-21)19(23)20-15(3)16-7-5-4-6-8-16/h4-8,14-15,17H,9-13H2,1-3H3,(H,20,23). The van der Waals surface area contributed by atoms with E-state index in [9.17, 15) is 9.59 Å². The topological polar surface area (TPSA) is 49.4 Å². The van der Waals surface area contributed by atoms with Gasteiger partial charge in [0.2, 0.25) is 11.8 Å². The molecule has 1 aliphatic heterocycles. The van der Waals surface area contributed by atoms with Crippen LogP contribution in [-0.4, -0.2) is 29.8 Å². The number of nitrogens with one attached hydrogen (secondary N) is 1. The van der Waals surface area contributed by atoms with Crippen molar-refractivity contribution in [1.29, 1.82) is 0 Å². The molecule has 1 fully saturated rings. The molecule has 23 heavy (non-hydrogen) atoms. The summed E-state index contributed by atoms with van der Waals surface area (Å²) in [5, 5.41) is 3.10. The van der Waals surface area contributed by atoms with Crippen LogP contribution >= 0.6 is 0 Å². The SMILES string of the molecule is CC(C)CC(=O)N1CCC(C(=O)NC(C)c2ccccc2)CC1. The number of rotatable bonds is 5. The predicted molar refractivity (Wildman–Crippen MR) is 91.8 cm³/mol. The van der Waals surface area contributed by atoms with E-state index >= 15 is 0 Å². The van der Waals surface area contributed by atoms with Crippen LogP contribution < -0.4 is 5.32 Å². The molecular weight excluding hydrogens is 288 g/mol. The molecule has 4 nitrogen and oxygen atoms in total. The zero-order chi connectivity index (χ0) is 16.8. The number of amides is 2. The van der Waals surface area contributed by atoms with Gasteiger partial charge in [-0.1, -0.05) is 44.2 Å². The molecule has 1 unspecified atom stereocenters. The van der Waals surface area contributed by atoms with Gasteiger partial charge in [0, 0.05) is 25.4 Å². The first kappa shape index (κ1) is 17.5. The second-order valence-corrected chi connectivity index (χ2v) is 6.89. The molecule has 1 N–H and O–H groups in total. The summed E-state index contributed by atoms with van der Waals surface area (Å²) >= 11 is 0. The lowest BCUT2D eigenvalue weighted by atomic mass is 9.94. The molecule has 1 aromatic carbocycles. The number of benzene rings is 1. The molecule has 4 heteroatoms. The fourth-order valence-electron chi connectivity index (χ4n) is 3.03. The van der Waals surface area contributed by atoms with Crippen LogP contribution in [0.3, 0.4) is 0 Å². The van der Waals surface area contributed by atoms with Crippen LogP contribution in [0.25, 0.3) is 0 Å². The van der Waals surface area contributed by atoms with Crippen LogP contribution in [0.4, 0.5) is 0 Å². The van der Waals surface area contributed by atoms with Gasteiger partial charge in [0.15, 0.2) is 0 Å². The summed E-state index contributed by atoms with van der Waals surface area (Å²) in [5.41, 5.74) is 1.12. The smallest absolute Gasteiger partial charge is 0.223 e. The van der Waals surface area contributed by atoms with E-state index in [4.69, 9.17) is 0 Å². The zero-order valence-electron chi connectivity index (χ0n) is 14.4. The van der Waals surface area contributed by atoms with Crippen molar-refractivity contribution in [2.24, 2.45) is 11.8 Å². The number of hydrogen-bond donors (Lipinski definition) is 1. The summed E-state index contributed by atoms with van der Waals surface area (Å²) in [6.45, 7) is 7.52. The first-order valence-electron chi connectivity index (χ1n) is 8.60. The number of nitrogens with zero attached hydrogens (tertiary/aromatic N) is 1. The maximum absolute atomic E-state index is 12.4. The van der Waals surface area contributed by atoms with E-state index in [0.717, 1.165) is 18.4 Å². The molecule has 1 aliphatic rings. The lowest BCUT2D eigenvalue weighted by molar-refractivity contribution is -0.136. The number of hydrogen-bond acceptors (Lipinski definition) is 2. The van der Waals surface area contributed by atoms with E-state index in [0.29, 0.717) is 25.4 Å². The Hall–Kier alpha value is -1.84. The van der Waals surface area contributed by atoms with E-state index < -0.39 is 0 Å². The van der Waals surface area contributed by atoms with Gasteiger partial charge in [0.05, 0.1) is 6.04 Å². The highest BCUT2D eigenvalue weighted by Gasteiger charge is 2.28. The molecule has 0 aliphatic carbocycles. The third-order valence-electron chi connectivity index (χ3n) is 4.46. The van der Waals surface area contributed by atoms with Crippen LogP contribution in [0, 0.1) is 11.8 Å². The molecule has 1 aromatic rings. The molecule has 0 radical (unpaired) electrons. The minimum absolute atomic E-state index is 0.0178. The van der Waals surface area contributed by atoms with Crippen molar-refractivity contribution in [1.82, 2.24) is 10.2 Å². The van der Waals surface area contributed by atoms with Gasteiger partial charge in [0.25, 0.3) is 0 Å². The largest absolute Gasteiger partial charge is 0.349 e. The molecule has 0 aromatic heterocycles. The fraction of sp³-hybridized carbons (Fsp3) is 0.579. The summed E-state index contributed by atoms with van der Waals surface area (Å²) in [7, 11) is 0. The van der Waals surface area contributed by atoms with Crippen molar-refractivity contribution in [2.75, 3.05) is 13.1 Å².